The highest BCUT2D eigenvalue weighted by Gasteiger charge is 2.27. The second-order valence-corrected chi connectivity index (χ2v) is 5.02. The van der Waals surface area contributed by atoms with Gasteiger partial charge in [0.15, 0.2) is 0 Å². The molecule has 22 heavy (non-hydrogen) atoms. The molecule has 0 bridgehead atoms. The van der Waals surface area contributed by atoms with Gasteiger partial charge in [0.1, 0.15) is 5.82 Å². The predicted octanol–water partition coefficient (Wildman–Crippen LogP) is 2.79. The SMILES string of the molecule is N#CC1=CN(c2cc(C(=O)O)ccn2)CC1c1ccccc1. The van der Waals surface area contributed by atoms with Gasteiger partial charge in [-0.1, -0.05) is 30.3 Å². The number of carboxylic acids is 1. The van der Waals surface area contributed by atoms with Crippen LogP contribution in [0.4, 0.5) is 5.82 Å². The number of hydrogen-bond donors (Lipinski definition) is 1. The van der Waals surface area contributed by atoms with Crippen LogP contribution in [0.2, 0.25) is 0 Å². The number of hydrogen-bond acceptors (Lipinski definition) is 4. The topological polar surface area (TPSA) is 77.2 Å². The lowest BCUT2D eigenvalue weighted by Gasteiger charge is -2.17. The van der Waals surface area contributed by atoms with Crippen LogP contribution in [-0.4, -0.2) is 22.6 Å². The van der Waals surface area contributed by atoms with Crippen LogP contribution < -0.4 is 4.90 Å². The Morgan fingerprint density at radius 3 is 2.77 bits per heavy atom. The molecule has 1 N–H and O–H groups in total. The molecule has 108 valence electrons. The molecule has 2 heterocycles. The van der Waals surface area contributed by atoms with Crippen molar-refractivity contribution in [2.75, 3.05) is 11.4 Å². The van der Waals surface area contributed by atoms with E-state index in [9.17, 15) is 10.1 Å². The molecule has 5 nitrogen and oxygen atoms in total. The van der Waals surface area contributed by atoms with E-state index in [0.29, 0.717) is 17.9 Å². The largest absolute Gasteiger partial charge is 0.478 e. The van der Waals surface area contributed by atoms with Crippen LogP contribution in [0.25, 0.3) is 0 Å². The Morgan fingerprint density at radius 2 is 2.09 bits per heavy atom. The van der Waals surface area contributed by atoms with Crippen LogP contribution in [0.3, 0.4) is 0 Å². The summed E-state index contributed by atoms with van der Waals surface area (Å²) in [6.45, 7) is 0.572. The number of nitrogens with zero attached hydrogens (tertiary/aromatic N) is 3. The molecule has 0 saturated carbocycles. The highest BCUT2D eigenvalue weighted by atomic mass is 16.4. The summed E-state index contributed by atoms with van der Waals surface area (Å²) in [7, 11) is 0. The van der Waals surface area contributed by atoms with E-state index in [1.807, 2.05) is 35.2 Å². The highest BCUT2D eigenvalue weighted by Crippen LogP contribution is 2.33. The van der Waals surface area contributed by atoms with Gasteiger partial charge in [-0.2, -0.15) is 5.26 Å². The number of carboxylic acid groups (broad SMARTS) is 1. The fraction of sp³-hybridized carbons (Fsp3) is 0.118. The molecule has 1 unspecified atom stereocenters. The summed E-state index contributed by atoms with van der Waals surface area (Å²) in [5, 5.41) is 18.4. The van der Waals surface area contributed by atoms with Gasteiger partial charge in [0.25, 0.3) is 0 Å². The van der Waals surface area contributed by atoms with Crippen LogP contribution in [0.15, 0.2) is 60.4 Å². The molecule has 3 rings (SSSR count). The highest BCUT2D eigenvalue weighted by molar-refractivity contribution is 5.88. The second kappa shape index (κ2) is 5.70. The third-order valence-corrected chi connectivity index (χ3v) is 3.67. The van der Waals surface area contributed by atoms with Crippen molar-refractivity contribution in [1.82, 2.24) is 4.98 Å². The zero-order valence-corrected chi connectivity index (χ0v) is 11.7. The molecule has 0 fully saturated rings. The molecule has 1 aromatic carbocycles. The zero-order chi connectivity index (χ0) is 15.5. The van der Waals surface area contributed by atoms with Crippen molar-refractivity contribution in [3.05, 3.63) is 71.6 Å². The summed E-state index contributed by atoms with van der Waals surface area (Å²) in [5.41, 5.74) is 1.89. The van der Waals surface area contributed by atoms with Crippen molar-refractivity contribution in [3.8, 4) is 6.07 Å². The molecule has 1 atom stereocenters. The summed E-state index contributed by atoms with van der Waals surface area (Å²) in [6, 6.07) is 15.0. The normalized spacial score (nSPS) is 17.0. The van der Waals surface area contributed by atoms with E-state index in [1.54, 1.807) is 6.20 Å². The standard InChI is InChI=1S/C17H13N3O2/c18-9-14-10-20(11-15(14)12-4-2-1-3-5-12)16-8-13(17(21)22)6-7-19-16/h1-8,10,15H,11H2,(H,21,22). The molecule has 1 aliphatic rings. The summed E-state index contributed by atoms with van der Waals surface area (Å²) in [6.07, 6.45) is 3.21. The molecule has 1 aromatic heterocycles. The number of aromatic carboxylic acids is 1. The maximum Gasteiger partial charge on any atom is 0.335 e. The van der Waals surface area contributed by atoms with Crippen molar-refractivity contribution in [1.29, 1.82) is 5.26 Å². The molecule has 0 spiro atoms. The lowest BCUT2D eigenvalue weighted by atomic mass is 9.94. The second-order valence-electron chi connectivity index (χ2n) is 5.02. The monoisotopic (exact) mass is 291 g/mol. The Kier molecular flexibility index (Phi) is 3.58. The molecular weight excluding hydrogens is 278 g/mol. The van der Waals surface area contributed by atoms with Gasteiger partial charge in [-0.05, 0) is 17.7 Å². The van der Waals surface area contributed by atoms with Crippen LogP contribution in [0, 0.1) is 11.3 Å². The molecule has 2 aromatic rings. The molecule has 1 aliphatic heterocycles. The van der Waals surface area contributed by atoms with Crippen molar-refractivity contribution in [2.24, 2.45) is 0 Å². The molecule has 5 heteroatoms. The minimum absolute atomic E-state index is 0.0264. The number of rotatable bonds is 3. The molecule has 0 aliphatic carbocycles. The maximum atomic E-state index is 11.1. The van der Waals surface area contributed by atoms with Gasteiger partial charge in [-0.15, -0.1) is 0 Å². The lowest BCUT2D eigenvalue weighted by Crippen LogP contribution is -2.18. The van der Waals surface area contributed by atoms with Gasteiger partial charge >= 0.3 is 5.97 Å². The number of aromatic nitrogens is 1. The number of benzene rings is 1. The first-order valence-electron chi connectivity index (χ1n) is 6.82. The Morgan fingerprint density at radius 1 is 1.32 bits per heavy atom. The number of pyridine rings is 1. The molecular formula is C17H13N3O2. The van der Waals surface area contributed by atoms with Gasteiger partial charge in [0, 0.05) is 24.9 Å². The van der Waals surface area contributed by atoms with E-state index >= 15 is 0 Å². The lowest BCUT2D eigenvalue weighted by molar-refractivity contribution is 0.0697. The summed E-state index contributed by atoms with van der Waals surface area (Å²) < 4.78 is 0. The minimum atomic E-state index is -0.994. The smallest absolute Gasteiger partial charge is 0.335 e. The van der Waals surface area contributed by atoms with Crippen molar-refractivity contribution >= 4 is 11.8 Å². The van der Waals surface area contributed by atoms with Gasteiger partial charge in [-0.3, -0.25) is 0 Å². The Balaban J connectivity index is 1.92. The number of anilines is 1. The quantitative estimate of drug-likeness (QED) is 0.940. The van der Waals surface area contributed by atoms with Crippen LogP contribution >= 0.6 is 0 Å². The maximum absolute atomic E-state index is 11.1. The van der Waals surface area contributed by atoms with Crippen LogP contribution in [-0.2, 0) is 0 Å². The van der Waals surface area contributed by atoms with E-state index in [0.717, 1.165) is 5.56 Å². The van der Waals surface area contributed by atoms with Gasteiger partial charge in [0.05, 0.1) is 17.2 Å². The number of nitriles is 1. The zero-order valence-electron chi connectivity index (χ0n) is 11.7. The van der Waals surface area contributed by atoms with Crippen molar-refractivity contribution in [3.63, 3.8) is 0 Å². The average molecular weight is 291 g/mol. The Bertz CT molecular complexity index is 778. The Labute approximate surface area is 127 Å². The fourth-order valence-corrected chi connectivity index (χ4v) is 2.55. The molecule has 0 saturated heterocycles. The third kappa shape index (κ3) is 2.54. The van der Waals surface area contributed by atoms with Crippen LogP contribution in [0.5, 0.6) is 0 Å². The van der Waals surface area contributed by atoms with E-state index < -0.39 is 5.97 Å². The van der Waals surface area contributed by atoms with E-state index in [-0.39, 0.29) is 11.5 Å². The third-order valence-electron chi connectivity index (χ3n) is 3.67. The summed E-state index contributed by atoms with van der Waals surface area (Å²) in [4.78, 5) is 17.1. The first kappa shape index (κ1) is 13.8. The first-order valence-corrected chi connectivity index (χ1v) is 6.82. The van der Waals surface area contributed by atoms with Crippen molar-refractivity contribution < 1.29 is 9.90 Å². The molecule has 0 radical (unpaired) electrons. The van der Waals surface area contributed by atoms with E-state index in [4.69, 9.17) is 5.11 Å². The minimum Gasteiger partial charge on any atom is -0.478 e. The van der Waals surface area contributed by atoms with E-state index in [1.165, 1.54) is 18.3 Å². The van der Waals surface area contributed by atoms with Gasteiger partial charge in [0.2, 0.25) is 0 Å². The first-order chi connectivity index (χ1) is 10.7. The summed E-state index contributed by atoms with van der Waals surface area (Å²) >= 11 is 0. The average Bonchev–Trinajstić information content (AvgIpc) is 3.00. The van der Waals surface area contributed by atoms with Gasteiger partial charge in [-0.25, -0.2) is 9.78 Å². The Hall–Kier alpha value is -3.13. The van der Waals surface area contributed by atoms with E-state index in [2.05, 4.69) is 11.1 Å². The van der Waals surface area contributed by atoms with Crippen LogP contribution in [0.1, 0.15) is 21.8 Å². The predicted molar refractivity (Wildman–Crippen MR) is 81.4 cm³/mol. The fourth-order valence-electron chi connectivity index (χ4n) is 2.55. The summed E-state index contributed by atoms with van der Waals surface area (Å²) in [5.74, 6) is -0.487. The number of carbonyl (C=O) groups is 1. The van der Waals surface area contributed by atoms with Gasteiger partial charge < -0.3 is 10.0 Å². The molecule has 0 amide bonds. The van der Waals surface area contributed by atoms with Crippen molar-refractivity contribution in [2.45, 2.75) is 5.92 Å².